The van der Waals surface area contributed by atoms with Gasteiger partial charge in [-0.2, -0.15) is 0 Å². The maximum atomic E-state index is 12.2. The predicted molar refractivity (Wildman–Crippen MR) is 83.7 cm³/mol. The number of hydrogen-bond acceptors (Lipinski definition) is 7. The number of ether oxygens (including phenoxy) is 2. The molecule has 3 atom stereocenters. The molecule has 25 heavy (non-hydrogen) atoms. The number of carbonyl (C=O) groups is 4. The Balaban J connectivity index is 2.17. The third-order valence-corrected chi connectivity index (χ3v) is 5.19. The van der Waals surface area contributed by atoms with Crippen LogP contribution in [0.15, 0.2) is 22.3 Å². The van der Waals surface area contributed by atoms with Crippen LogP contribution >= 0.6 is 0 Å². The summed E-state index contributed by atoms with van der Waals surface area (Å²) in [7, 11) is 0. The van der Waals surface area contributed by atoms with Crippen LogP contribution in [-0.2, 0) is 28.7 Å². The van der Waals surface area contributed by atoms with Gasteiger partial charge in [-0.3, -0.25) is 0 Å². The molecule has 0 saturated carbocycles. The standard InChI is InChI=1S/C18H20O7/c1-3-5-9-7-11-10(15(20)24-16(11)21)6-8(4-2)14(19)13-12(9)17(22)25-18(13)23/h8-9,14,19H,3-7H2,1-2H3. The topological polar surface area (TPSA) is 107 Å². The quantitative estimate of drug-likeness (QED) is 0.606. The highest BCUT2D eigenvalue weighted by molar-refractivity contribution is 6.15. The first-order valence-electron chi connectivity index (χ1n) is 8.56. The molecule has 1 N–H and O–H groups in total. The van der Waals surface area contributed by atoms with Gasteiger partial charge in [-0.25, -0.2) is 19.2 Å². The lowest BCUT2D eigenvalue weighted by Crippen LogP contribution is -2.27. The highest BCUT2D eigenvalue weighted by atomic mass is 16.6. The van der Waals surface area contributed by atoms with E-state index < -0.39 is 41.8 Å². The first kappa shape index (κ1) is 17.5. The number of esters is 4. The molecule has 2 aliphatic heterocycles. The van der Waals surface area contributed by atoms with Gasteiger partial charge in [0.05, 0.1) is 17.3 Å². The van der Waals surface area contributed by atoms with Crippen molar-refractivity contribution in [2.45, 2.75) is 52.1 Å². The van der Waals surface area contributed by atoms with E-state index in [9.17, 15) is 24.3 Å². The summed E-state index contributed by atoms with van der Waals surface area (Å²) < 4.78 is 9.49. The van der Waals surface area contributed by atoms with Gasteiger partial charge in [-0.05, 0) is 31.1 Å². The normalized spacial score (nSPS) is 29.8. The van der Waals surface area contributed by atoms with Gasteiger partial charge in [0.25, 0.3) is 0 Å². The van der Waals surface area contributed by atoms with Crippen LogP contribution in [0.1, 0.15) is 46.0 Å². The van der Waals surface area contributed by atoms with Gasteiger partial charge in [-0.15, -0.1) is 0 Å². The Hall–Kier alpha value is -2.28. The number of aliphatic hydroxyl groups is 1. The Morgan fingerprint density at radius 1 is 0.880 bits per heavy atom. The third kappa shape index (κ3) is 2.82. The van der Waals surface area contributed by atoms with Crippen molar-refractivity contribution in [3.05, 3.63) is 22.3 Å². The SMILES string of the molecule is CCCC1CC2=C(CC(CC)C(O)C3=C1C(=O)OC3=O)C(=O)OC2=O. The van der Waals surface area contributed by atoms with Crippen LogP contribution in [-0.4, -0.2) is 35.1 Å². The molecule has 134 valence electrons. The summed E-state index contributed by atoms with van der Waals surface area (Å²) in [5.41, 5.74) is 0.616. The van der Waals surface area contributed by atoms with Gasteiger partial charge in [-0.1, -0.05) is 26.7 Å². The van der Waals surface area contributed by atoms with Crippen LogP contribution in [0.3, 0.4) is 0 Å². The van der Waals surface area contributed by atoms with Crippen molar-refractivity contribution in [2.24, 2.45) is 11.8 Å². The minimum atomic E-state index is -1.23. The van der Waals surface area contributed by atoms with Crippen LogP contribution in [0.5, 0.6) is 0 Å². The van der Waals surface area contributed by atoms with Gasteiger partial charge in [0.2, 0.25) is 0 Å². The first-order valence-corrected chi connectivity index (χ1v) is 8.56. The van der Waals surface area contributed by atoms with Crippen LogP contribution < -0.4 is 0 Å². The molecule has 0 aromatic heterocycles. The van der Waals surface area contributed by atoms with Crippen molar-refractivity contribution in [3.8, 4) is 0 Å². The number of aliphatic hydroxyl groups excluding tert-OH is 1. The Morgan fingerprint density at radius 2 is 1.44 bits per heavy atom. The van der Waals surface area contributed by atoms with E-state index in [1.165, 1.54) is 0 Å². The Kier molecular flexibility index (Phi) is 4.60. The number of rotatable bonds is 3. The summed E-state index contributed by atoms with van der Waals surface area (Å²) in [6, 6.07) is 0. The molecule has 0 aromatic carbocycles. The zero-order valence-electron chi connectivity index (χ0n) is 14.2. The third-order valence-electron chi connectivity index (χ3n) is 5.19. The van der Waals surface area contributed by atoms with Gasteiger partial charge in [0.1, 0.15) is 0 Å². The summed E-state index contributed by atoms with van der Waals surface area (Å²) in [5.74, 6) is -3.97. The van der Waals surface area contributed by atoms with Gasteiger partial charge in [0.15, 0.2) is 0 Å². The Labute approximate surface area is 144 Å². The van der Waals surface area contributed by atoms with Crippen LogP contribution in [0.2, 0.25) is 0 Å². The van der Waals surface area contributed by atoms with E-state index in [0.717, 1.165) is 0 Å². The van der Waals surface area contributed by atoms with Gasteiger partial charge in [0, 0.05) is 11.1 Å². The second-order valence-electron chi connectivity index (χ2n) is 6.65. The van der Waals surface area contributed by atoms with Crippen molar-refractivity contribution in [2.75, 3.05) is 0 Å². The van der Waals surface area contributed by atoms with Crippen LogP contribution in [0.25, 0.3) is 0 Å². The molecule has 1 aliphatic carbocycles. The summed E-state index contributed by atoms with van der Waals surface area (Å²) in [4.78, 5) is 48.6. The second-order valence-corrected chi connectivity index (χ2v) is 6.65. The zero-order chi connectivity index (χ0) is 18.3. The molecule has 3 rings (SSSR count). The Morgan fingerprint density at radius 3 is 2.04 bits per heavy atom. The maximum Gasteiger partial charge on any atom is 0.345 e. The molecule has 0 radical (unpaired) electrons. The second kappa shape index (κ2) is 6.55. The average Bonchev–Trinajstić information content (AvgIpc) is 3.00. The molecule has 0 aromatic rings. The number of carbonyl (C=O) groups excluding carboxylic acids is 4. The minimum absolute atomic E-state index is 0.0164. The summed E-state index contributed by atoms with van der Waals surface area (Å²) in [6.45, 7) is 3.72. The highest BCUT2D eigenvalue weighted by Gasteiger charge is 2.46. The monoisotopic (exact) mass is 348 g/mol. The van der Waals surface area contributed by atoms with E-state index in [2.05, 4.69) is 0 Å². The van der Waals surface area contributed by atoms with Crippen molar-refractivity contribution in [3.63, 3.8) is 0 Å². The summed E-state index contributed by atoms with van der Waals surface area (Å²) in [5, 5.41) is 10.7. The zero-order valence-corrected chi connectivity index (χ0v) is 14.2. The van der Waals surface area contributed by atoms with Crippen molar-refractivity contribution in [1.82, 2.24) is 0 Å². The fourth-order valence-electron chi connectivity index (χ4n) is 3.87. The lowest BCUT2D eigenvalue weighted by Gasteiger charge is -2.22. The van der Waals surface area contributed by atoms with Gasteiger partial charge >= 0.3 is 23.9 Å². The van der Waals surface area contributed by atoms with Gasteiger partial charge < -0.3 is 14.6 Å². The fourth-order valence-corrected chi connectivity index (χ4v) is 3.87. The van der Waals surface area contributed by atoms with E-state index in [0.29, 0.717) is 19.3 Å². The fraction of sp³-hybridized carbons (Fsp3) is 0.556. The lowest BCUT2D eigenvalue weighted by atomic mass is 9.83. The largest absolute Gasteiger partial charge is 0.388 e. The molecule has 0 bridgehead atoms. The number of hydrogen-bond donors (Lipinski definition) is 1. The minimum Gasteiger partial charge on any atom is -0.388 e. The van der Waals surface area contributed by atoms with Crippen molar-refractivity contribution in [1.29, 1.82) is 0 Å². The molecular weight excluding hydrogens is 328 g/mol. The van der Waals surface area contributed by atoms with Crippen LogP contribution in [0, 0.1) is 11.8 Å². The number of cyclic esters (lactones) is 4. The molecule has 0 fully saturated rings. The van der Waals surface area contributed by atoms with Crippen molar-refractivity contribution >= 4 is 23.9 Å². The molecule has 7 heteroatoms. The first-order chi connectivity index (χ1) is 11.9. The molecule has 0 spiro atoms. The summed E-state index contributed by atoms with van der Waals surface area (Å²) in [6.07, 6.45) is 0.682. The van der Waals surface area contributed by atoms with Crippen molar-refractivity contribution < 1.29 is 33.8 Å². The van der Waals surface area contributed by atoms with E-state index in [4.69, 9.17) is 9.47 Å². The lowest BCUT2D eigenvalue weighted by molar-refractivity contribution is -0.153. The maximum absolute atomic E-state index is 12.2. The molecule has 3 unspecified atom stereocenters. The summed E-state index contributed by atoms with van der Waals surface area (Å²) >= 11 is 0. The molecule has 2 heterocycles. The Bertz CT molecular complexity index is 728. The highest BCUT2D eigenvalue weighted by Crippen LogP contribution is 2.41. The predicted octanol–water partition coefficient (Wildman–Crippen LogP) is 1.34. The van der Waals surface area contributed by atoms with E-state index in [1.54, 1.807) is 6.92 Å². The van der Waals surface area contributed by atoms with Crippen LogP contribution in [0.4, 0.5) is 0 Å². The average molecular weight is 348 g/mol. The smallest absolute Gasteiger partial charge is 0.345 e. The molecule has 7 nitrogen and oxygen atoms in total. The molecular formula is C18H20O7. The molecule has 0 amide bonds. The van der Waals surface area contributed by atoms with E-state index in [1.807, 2.05) is 6.92 Å². The molecule has 0 saturated heterocycles. The van der Waals surface area contributed by atoms with E-state index in [-0.39, 0.29) is 35.1 Å². The molecule has 3 aliphatic rings. The van der Waals surface area contributed by atoms with E-state index >= 15 is 0 Å².